The van der Waals surface area contributed by atoms with Gasteiger partial charge >= 0.3 is 0 Å². The van der Waals surface area contributed by atoms with E-state index < -0.39 is 6.08 Å². The number of hydrogen-bond donors (Lipinski definition) is 0. The van der Waals surface area contributed by atoms with E-state index in [0.717, 1.165) is 5.54 Å². The fourth-order valence-corrected chi connectivity index (χ4v) is 0. The molecule has 9 heavy (non-hydrogen) atoms. The number of halogens is 5. The van der Waals surface area contributed by atoms with Crippen molar-refractivity contribution in [3.63, 3.8) is 0 Å². The van der Waals surface area contributed by atoms with Crippen molar-refractivity contribution >= 4 is 34.8 Å². The highest BCUT2D eigenvalue weighted by atomic mass is 35.5. The molecule has 0 radical (unpaired) electrons. The lowest BCUT2D eigenvalue weighted by atomic mass is 11.2. The quantitative estimate of drug-likeness (QED) is 0.550. The summed E-state index contributed by atoms with van der Waals surface area (Å²) in [4.78, 5) is 0. The van der Waals surface area contributed by atoms with Crippen LogP contribution in [0.2, 0.25) is 0 Å². The number of rotatable bonds is 0. The van der Waals surface area contributed by atoms with Crippen molar-refractivity contribution in [1.29, 1.82) is 0 Å². The molecule has 5 heteroatoms. The maximum Gasteiger partial charge on any atom is 0.263 e. The molecular formula is C4H3Cl3F2. The van der Waals surface area contributed by atoms with Crippen LogP contribution in [-0.2, 0) is 0 Å². The smallest absolute Gasteiger partial charge is 0.174 e. The van der Waals surface area contributed by atoms with Gasteiger partial charge in [0.25, 0.3) is 6.08 Å². The van der Waals surface area contributed by atoms with Crippen molar-refractivity contribution in [3.8, 4) is 0 Å². The van der Waals surface area contributed by atoms with E-state index in [4.69, 9.17) is 34.8 Å². The maximum absolute atomic E-state index is 10.1. The zero-order valence-electron chi connectivity index (χ0n) is 4.17. The summed E-state index contributed by atoms with van der Waals surface area (Å²) in [5, 5.41) is 0. The Hall–Kier alpha value is 0.210. The zero-order chi connectivity index (χ0) is 7.86. The molecule has 0 atom stereocenters. The third kappa shape index (κ3) is 64.8. The molecule has 0 aliphatic carbocycles. The molecule has 0 aliphatic heterocycles. The predicted octanol–water partition coefficient (Wildman–Crippen LogP) is 3.90. The summed E-state index contributed by atoms with van der Waals surface area (Å²) in [5.41, 5.74) is 1.09. The molecule has 0 nitrogen and oxygen atoms in total. The van der Waals surface area contributed by atoms with Gasteiger partial charge in [0.1, 0.15) is 4.49 Å². The van der Waals surface area contributed by atoms with Gasteiger partial charge in [-0.1, -0.05) is 34.8 Å². The lowest BCUT2D eigenvalue weighted by Crippen LogP contribution is -1.33. The first kappa shape index (κ1) is 11.9. The van der Waals surface area contributed by atoms with E-state index in [0.29, 0.717) is 0 Å². The van der Waals surface area contributed by atoms with Crippen molar-refractivity contribution in [2.45, 2.75) is 0 Å². The van der Waals surface area contributed by atoms with Gasteiger partial charge in [0.2, 0.25) is 0 Å². The Labute approximate surface area is 66.7 Å². The average Bonchev–Trinajstić information content (AvgIpc) is 1.65. The largest absolute Gasteiger partial charge is 0.263 e. The Bertz CT molecular complexity index is 102. The van der Waals surface area contributed by atoms with Crippen LogP contribution in [0, 0.1) is 0 Å². The summed E-state index contributed by atoms with van der Waals surface area (Å²) in [6.07, 6.45) is -1.83. The first-order valence-electron chi connectivity index (χ1n) is 1.62. The van der Waals surface area contributed by atoms with Gasteiger partial charge < -0.3 is 0 Å². The zero-order valence-corrected chi connectivity index (χ0v) is 6.44. The van der Waals surface area contributed by atoms with Crippen LogP contribution < -0.4 is 0 Å². The normalized spacial score (nSPS) is 6.78. The first-order chi connectivity index (χ1) is 4.00. The van der Waals surface area contributed by atoms with E-state index in [1.165, 1.54) is 0 Å². The van der Waals surface area contributed by atoms with Crippen LogP contribution in [0.15, 0.2) is 22.7 Å². The summed E-state index contributed by atoms with van der Waals surface area (Å²) in [6.45, 7) is 2.22. The fraction of sp³-hybridized carbons (Fsp3) is 0. The molecule has 0 aromatic rings. The van der Waals surface area contributed by atoms with Crippen LogP contribution >= 0.6 is 34.8 Å². The molecule has 0 N–H and O–H groups in total. The van der Waals surface area contributed by atoms with E-state index in [2.05, 4.69) is 6.58 Å². The SMILES string of the molecule is C=C(F)F.ClC=C(Cl)Cl. The molecule has 0 fully saturated rings. The second kappa shape index (κ2) is 8.21. The molecule has 0 saturated carbocycles. The van der Waals surface area contributed by atoms with Crippen molar-refractivity contribution in [2.75, 3.05) is 0 Å². The van der Waals surface area contributed by atoms with Gasteiger partial charge in [-0.15, -0.1) is 0 Å². The summed E-state index contributed by atoms with van der Waals surface area (Å²) in [5.74, 6) is 0. The third-order valence-electron chi connectivity index (χ3n) is 0.0825. The van der Waals surface area contributed by atoms with Crippen molar-refractivity contribution in [2.24, 2.45) is 0 Å². The lowest BCUT2D eigenvalue weighted by molar-refractivity contribution is 0.426. The molecule has 0 rings (SSSR count). The first-order valence-corrected chi connectivity index (χ1v) is 2.81. The molecule has 0 amide bonds. The molecule has 0 heterocycles. The summed E-state index contributed by atoms with van der Waals surface area (Å²) in [6, 6.07) is 0. The average molecular weight is 195 g/mol. The standard InChI is InChI=1S/C2HCl3.C2H2F2/c3-1-2(4)5;1-2(3)4/h1H;1H2. The summed E-state index contributed by atoms with van der Waals surface area (Å²) in [7, 11) is 0. The third-order valence-corrected chi connectivity index (χ3v) is 0.742. The summed E-state index contributed by atoms with van der Waals surface area (Å²) >= 11 is 14.8. The minimum Gasteiger partial charge on any atom is -0.174 e. The molecule has 0 aromatic heterocycles. The van der Waals surface area contributed by atoms with Gasteiger partial charge in [-0.05, 0) is 6.58 Å². The second-order valence-corrected chi connectivity index (χ2v) is 1.96. The van der Waals surface area contributed by atoms with Gasteiger partial charge in [-0.2, -0.15) is 8.78 Å². The highest BCUT2D eigenvalue weighted by molar-refractivity contribution is 6.58. The van der Waals surface area contributed by atoms with Crippen molar-refractivity contribution in [3.05, 3.63) is 22.7 Å². The van der Waals surface area contributed by atoms with Gasteiger partial charge in [-0.3, -0.25) is 0 Å². The molecule has 0 spiro atoms. The Balaban J connectivity index is 0. The molecular weight excluding hydrogens is 192 g/mol. The van der Waals surface area contributed by atoms with E-state index in [1.54, 1.807) is 0 Å². The Kier molecular flexibility index (Phi) is 10.9. The van der Waals surface area contributed by atoms with Gasteiger partial charge in [0, 0.05) is 5.54 Å². The predicted molar refractivity (Wildman–Crippen MR) is 37.0 cm³/mol. The minimum absolute atomic E-state index is 0.0895. The highest BCUT2D eigenvalue weighted by Gasteiger charge is 1.70. The van der Waals surface area contributed by atoms with Crippen LogP contribution in [0.3, 0.4) is 0 Å². The minimum atomic E-state index is -1.83. The van der Waals surface area contributed by atoms with Gasteiger partial charge in [-0.25, -0.2) is 0 Å². The summed E-state index contributed by atoms with van der Waals surface area (Å²) < 4.78 is 20.4. The van der Waals surface area contributed by atoms with Gasteiger partial charge in [0.05, 0.1) is 0 Å². The fourth-order valence-electron chi connectivity index (χ4n) is 0. The molecule has 54 valence electrons. The monoisotopic (exact) mass is 194 g/mol. The van der Waals surface area contributed by atoms with Crippen LogP contribution in [0.4, 0.5) is 8.78 Å². The van der Waals surface area contributed by atoms with E-state index in [9.17, 15) is 8.78 Å². The highest BCUT2D eigenvalue weighted by Crippen LogP contribution is 2.05. The Morgan fingerprint density at radius 2 is 1.44 bits per heavy atom. The van der Waals surface area contributed by atoms with Crippen LogP contribution in [-0.4, -0.2) is 0 Å². The van der Waals surface area contributed by atoms with E-state index in [1.807, 2.05) is 0 Å². The molecule has 0 saturated heterocycles. The van der Waals surface area contributed by atoms with E-state index >= 15 is 0 Å². The Morgan fingerprint density at radius 3 is 1.44 bits per heavy atom. The molecule has 0 aromatic carbocycles. The van der Waals surface area contributed by atoms with Crippen LogP contribution in [0.25, 0.3) is 0 Å². The second-order valence-electron chi connectivity index (χ2n) is 0.737. The van der Waals surface area contributed by atoms with Crippen LogP contribution in [0.5, 0.6) is 0 Å². The lowest BCUT2D eigenvalue weighted by Gasteiger charge is -1.64. The van der Waals surface area contributed by atoms with Crippen LogP contribution in [0.1, 0.15) is 0 Å². The Morgan fingerprint density at radius 1 is 1.33 bits per heavy atom. The van der Waals surface area contributed by atoms with Crippen molar-refractivity contribution in [1.82, 2.24) is 0 Å². The van der Waals surface area contributed by atoms with Crippen molar-refractivity contribution < 1.29 is 8.78 Å². The van der Waals surface area contributed by atoms with Gasteiger partial charge in [0.15, 0.2) is 0 Å². The molecule has 0 aliphatic rings. The topological polar surface area (TPSA) is 0 Å². The number of hydrogen-bond acceptors (Lipinski definition) is 0. The maximum atomic E-state index is 10.1. The molecule has 0 unspecified atom stereocenters. The molecule has 0 bridgehead atoms. The van der Waals surface area contributed by atoms with E-state index in [-0.39, 0.29) is 4.49 Å².